The minimum absolute atomic E-state index is 0.610. The van der Waals surface area contributed by atoms with Gasteiger partial charge in [-0.25, -0.2) is 15.0 Å². The van der Waals surface area contributed by atoms with Crippen LogP contribution in [0.1, 0.15) is 0 Å². The molecule has 11 aromatic rings. The lowest BCUT2D eigenvalue weighted by molar-refractivity contribution is 1.07. The molecule has 0 radical (unpaired) electrons. The van der Waals surface area contributed by atoms with Crippen LogP contribution in [0.5, 0.6) is 0 Å². The maximum absolute atomic E-state index is 5.26. The van der Waals surface area contributed by atoms with E-state index in [0.29, 0.717) is 17.5 Å². The van der Waals surface area contributed by atoms with Gasteiger partial charge >= 0.3 is 0 Å². The van der Waals surface area contributed by atoms with E-state index in [0.717, 1.165) is 55.3 Å². The summed E-state index contributed by atoms with van der Waals surface area (Å²) in [5.41, 5.74) is 13.0. The Bertz CT molecular complexity index is 3260. The molecule has 0 atom stereocenters. The summed E-state index contributed by atoms with van der Waals surface area (Å²) >= 11 is 0. The molecule has 0 saturated carbocycles. The van der Waals surface area contributed by atoms with Crippen molar-refractivity contribution in [2.45, 2.75) is 0 Å². The van der Waals surface area contributed by atoms with Gasteiger partial charge in [0.05, 0.1) is 16.7 Å². The number of hydrogen-bond acceptors (Lipinski definition) is 3. The molecule has 0 amide bonds. The van der Waals surface area contributed by atoms with Crippen molar-refractivity contribution in [2.75, 3.05) is 0 Å². The first-order chi connectivity index (χ1) is 29.2. The van der Waals surface area contributed by atoms with E-state index in [-0.39, 0.29) is 0 Å². The van der Waals surface area contributed by atoms with Gasteiger partial charge in [0.2, 0.25) is 0 Å². The van der Waals surface area contributed by atoms with E-state index in [4.69, 9.17) is 15.0 Å². The van der Waals surface area contributed by atoms with Crippen LogP contribution in [-0.4, -0.2) is 19.5 Å². The lowest BCUT2D eigenvalue weighted by atomic mass is 9.96. The van der Waals surface area contributed by atoms with Crippen molar-refractivity contribution < 1.29 is 0 Å². The van der Waals surface area contributed by atoms with E-state index in [1.165, 1.54) is 33.0 Å². The Morgan fingerprint density at radius 2 is 0.712 bits per heavy atom. The minimum Gasteiger partial charge on any atom is -0.309 e. The van der Waals surface area contributed by atoms with Gasteiger partial charge in [-0.1, -0.05) is 182 Å². The molecule has 59 heavy (non-hydrogen) atoms. The standard InChI is InChI=1S/C55H36N4/c1-4-15-37(16-5-1)41-21-14-22-43(33-41)47-32-31-45(36-52(47)59-50-25-12-10-23-48(50)49-24-11-13-26-51(49)59)55-57-53(40-19-8-3-9-20-40)56-54(58-55)44-30-28-39-27-29-42(34-46(39)35-44)38-17-6-2-7-18-38/h1-36H. The molecule has 11 rings (SSSR count). The van der Waals surface area contributed by atoms with Crippen LogP contribution in [0.25, 0.3) is 106 Å². The predicted octanol–water partition coefficient (Wildman–Crippen LogP) is 14.1. The average Bonchev–Trinajstić information content (AvgIpc) is 3.66. The maximum Gasteiger partial charge on any atom is 0.164 e. The zero-order valence-corrected chi connectivity index (χ0v) is 32.1. The number of hydrogen-bond donors (Lipinski definition) is 0. The highest BCUT2D eigenvalue weighted by Gasteiger charge is 2.19. The first-order valence-corrected chi connectivity index (χ1v) is 19.9. The van der Waals surface area contributed by atoms with Gasteiger partial charge in [-0.2, -0.15) is 0 Å². The number of fused-ring (bicyclic) bond motifs is 4. The van der Waals surface area contributed by atoms with Crippen LogP contribution in [-0.2, 0) is 0 Å². The number of nitrogens with zero attached hydrogens (tertiary/aromatic N) is 4. The molecule has 0 bridgehead atoms. The summed E-state index contributed by atoms with van der Waals surface area (Å²) in [4.78, 5) is 15.6. The molecule has 0 fully saturated rings. The Morgan fingerprint density at radius 1 is 0.271 bits per heavy atom. The molecule has 0 N–H and O–H groups in total. The third-order valence-corrected chi connectivity index (χ3v) is 11.2. The van der Waals surface area contributed by atoms with E-state index in [1.54, 1.807) is 0 Å². The first kappa shape index (κ1) is 34.3. The Labute approximate surface area is 342 Å². The third kappa shape index (κ3) is 6.34. The Balaban J connectivity index is 1.13. The van der Waals surface area contributed by atoms with Crippen LogP contribution in [0.2, 0.25) is 0 Å². The van der Waals surface area contributed by atoms with Gasteiger partial charge in [-0.15, -0.1) is 0 Å². The molecular weight excluding hydrogens is 717 g/mol. The summed E-state index contributed by atoms with van der Waals surface area (Å²) in [5, 5.41) is 4.70. The lowest BCUT2D eigenvalue weighted by Crippen LogP contribution is -2.02. The summed E-state index contributed by atoms with van der Waals surface area (Å²) < 4.78 is 2.40. The van der Waals surface area contributed by atoms with Gasteiger partial charge in [0.15, 0.2) is 17.5 Å². The van der Waals surface area contributed by atoms with E-state index in [9.17, 15) is 0 Å². The van der Waals surface area contributed by atoms with Gasteiger partial charge in [-0.3, -0.25) is 0 Å². The largest absolute Gasteiger partial charge is 0.309 e. The second-order valence-corrected chi connectivity index (χ2v) is 14.9. The van der Waals surface area contributed by atoms with Crippen LogP contribution in [0.3, 0.4) is 0 Å². The summed E-state index contributed by atoms with van der Waals surface area (Å²) in [6.45, 7) is 0. The fourth-order valence-corrected chi connectivity index (χ4v) is 8.33. The van der Waals surface area contributed by atoms with Crippen molar-refractivity contribution in [1.29, 1.82) is 0 Å². The smallest absolute Gasteiger partial charge is 0.164 e. The van der Waals surface area contributed by atoms with Crippen LogP contribution in [0.15, 0.2) is 218 Å². The number of aromatic nitrogens is 4. The molecule has 2 aromatic heterocycles. The summed E-state index contributed by atoms with van der Waals surface area (Å²) in [6.07, 6.45) is 0. The molecule has 4 nitrogen and oxygen atoms in total. The van der Waals surface area contributed by atoms with E-state index in [1.807, 2.05) is 24.3 Å². The SMILES string of the molecule is c1ccc(-c2cccc(-c3ccc(-c4nc(-c5ccccc5)nc(-c5ccc6ccc(-c7ccccc7)cc6c5)n4)cc3-n3c4ccccc4c4ccccc43)c2)cc1. The lowest BCUT2D eigenvalue weighted by Gasteiger charge is -2.17. The topological polar surface area (TPSA) is 43.6 Å². The van der Waals surface area contributed by atoms with Crippen LogP contribution < -0.4 is 0 Å². The summed E-state index contributed by atoms with van der Waals surface area (Å²) in [7, 11) is 0. The molecule has 2 heterocycles. The Morgan fingerprint density at radius 3 is 1.34 bits per heavy atom. The predicted molar refractivity (Wildman–Crippen MR) is 244 cm³/mol. The normalized spacial score (nSPS) is 11.4. The summed E-state index contributed by atoms with van der Waals surface area (Å²) in [5.74, 6) is 1.86. The highest BCUT2D eigenvalue weighted by molar-refractivity contribution is 6.10. The highest BCUT2D eigenvalue weighted by atomic mass is 15.0. The third-order valence-electron chi connectivity index (χ3n) is 11.2. The average molecular weight is 753 g/mol. The van der Waals surface area contributed by atoms with Gasteiger partial charge in [-0.05, 0) is 75.0 Å². The molecule has 0 aliphatic carbocycles. The first-order valence-electron chi connectivity index (χ1n) is 19.9. The zero-order chi connectivity index (χ0) is 39.1. The summed E-state index contributed by atoms with van der Waals surface area (Å²) in [6, 6.07) is 77.1. The molecule has 0 saturated heterocycles. The molecule has 0 aliphatic rings. The second-order valence-electron chi connectivity index (χ2n) is 14.9. The number of para-hydroxylation sites is 2. The number of rotatable bonds is 7. The molecule has 0 aliphatic heterocycles. The van der Waals surface area contributed by atoms with Crippen LogP contribution in [0.4, 0.5) is 0 Å². The van der Waals surface area contributed by atoms with Crippen molar-refractivity contribution in [3.8, 4) is 73.2 Å². The zero-order valence-electron chi connectivity index (χ0n) is 32.1. The van der Waals surface area contributed by atoms with Gasteiger partial charge < -0.3 is 4.57 Å². The van der Waals surface area contributed by atoms with E-state index >= 15 is 0 Å². The molecular formula is C55H36N4. The Kier molecular flexibility index (Phi) is 8.45. The van der Waals surface area contributed by atoms with Crippen LogP contribution >= 0.6 is 0 Å². The fourth-order valence-electron chi connectivity index (χ4n) is 8.33. The molecule has 9 aromatic carbocycles. The second kappa shape index (κ2) is 14.5. The maximum atomic E-state index is 5.26. The number of benzene rings is 9. The highest BCUT2D eigenvalue weighted by Crippen LogP contribution is 2.39. The van der Waals surface area contributed by atoms with Crippen molar-refractivity contribution >= 4 is 32.6 Å². The molecule has 276 valence electrons. The minimum atomic E-state index is 0.610. The quantitative estimate of drug-likeness (QED) is 0.163. The van der Waals surface area contributed by atoms with Crippen molar-refractivity contribution in [2.24, 2.45) is 0 Å². The van der Waals surface area contributed by atoms with Crippen molar-refractivity contribution in [1.82, 2.24) is 19.5 Å². The van der Waals surface area contributed by atoms with Gasteiger partial charge in [0.1, 0.15) is 0 Å². The molecule has 4 heteroatoms. The van der Waals surface area contributed by atoms with Crippen LogP contribution in [0, 0.1) is 0 Å². The molecule has 0 spiro atoms. The fraction of sp³-hybridized carbons (Fsp3) is 0. The van der Waals surface area contributed by atoms with E-state index in [2.05, 4.69) is 199 Å². The van der Waals surface area contributed by atoms with E-state index < -0.39 is 0 Å². The van der Waals surface area contributed by atoms with Gasteiger partial charge in [0, 0.05) is 33.0 Å². The monoisotopic (exact) mass is 752 g/mol. The Hall–Kier alpha value is -7.95. The molecule has 0 unspecified atom stereocenters. The van der Waals surface area contributed by atoms with Crippen molar-refractivity contribution in [3.63, 3.8) is 0 Å². The van der Waals surface area contributed by atoms with Gasteiger partial charge in [0.25, 0.3) is 0 Å². The van der Waals surface area contributed by atoms with Crippen molar-refractivity contribution in [3.05, 3.63) is 218 Å².